The second-order valence-electron chi connectivity index (χ2n) is 8.45. The van der Waals surface area contributed by atoms with E-state index in [0.717, 1.165) is 23.0 Å². The number of nitrogens with zero attached hydrogens (tertiary/aromatic N) is 3. The van der Waals surface area contributed by atoms with Crippen LogP contribution in [0.2, 0.25) is 0 Å². The predicted molar refractivity (Wildman–Crippen MR) is 131 cm³/mol. The van der Waals surface area contributed by atoms with Crippen molar-refractivity contribution in [2.75, 3.05) is 27.1 Å². The highest BCUT2D eigenvalue weighted by Crippen LogP contribution is 2.30. The minimum atomic E-state index is -4.60. The number of sulfone groups is 1. The van der Waals surface area contributed by atoms with Crippen molar-refractivity contribution in [2.45, 2.75) is 24.5 Å². The third-order valence-corrected chi connectivity index (χ3v) is 6.76. The van der Waals surface area contributed by atoms with Crippen LogP contribution in [0.25, 0.3) is 5.69 Å². The van der Waals surface area contributed by atoms with Crippen LogP contribution in [0.5, 0.6) is 0 Å². The van der Waals surface area contributed by atoms with E-state index >= 15 is 0 Å². The van der Waals surface area contributed by atoms with Crippen LogP contribution in [0.4, 0.5) is 13.2 Å². The zero-order chi connectivity index (χ0) is 27.5. The second-order valence-corrected chi connectivity index (χ2v) is 10.5. The highest BCUT2D eigenvalue weighted by atomic mass is 32.2. The summed E-state index contributed by atoms with van der Waals surface area (Å²) in [6, 6.07) is 13.1. The minimum Gasteiger partial charge on any atom is -0.319 e. The van der Waals surface area contributed by atoms with Gasteiger partial charge in [-0.15, -0.1) is 0 Å². The van der Waals surface area contributed by atoms with E-state index < -0.39 is 33.0 Å². The maximum atomic E-state index is 13.5. The summed E-state index contributed by atoms with van der Waals surface area (Å²) >= 11 is 0. The first-order chi connectivity index (χ1) is 17.2. The van der Waals surface area contributed by atoms with Gasteiger partial charge in [-0.3, -0.25) is 14.2 Å². The summed E-state index contributed by atoms with van der Waals surface area (Å²) in [5.74, 6) is -0.679. The molecule has 37 heavy (non-hydrogen) atoms. The number of amides is 1. The molecule has 0 aliphatic heterocycles. The Hall–Kier alpha value is -3.48. The normalized spacial score (nSPS) is 12.1. The molecule has 0 aliphatic carbocycles. The van der Waals surface area contributed by atoms with Crippen LogP contribution < -0.4 is 5.56 Å². The van der Waals surface area contributed by atoms with E-state index in [1.165, 1.54) is 53.5 Å². The summed E-state index contributed by atoms with van der Waals surface area (Å²) in [4.78, 5) is 33.5. The Morgan fingerprint density at radius 1 is 1.05 bits per heavy atom. The van der Waals surface area contributed by atoms with Gasteiger partial charge in [-0.2, -0.15) is 18.2 Å². The molecule has 0 unspecified atom stereocenters. The standard InChI is InChI=1S/C25H26F3N3O5S/c1-17-8-13-22(24(33)31(17)20-7-5-6-19(14-20)25(26,27)28)23(32)30(16-29(2)36-3)15-18-9-11-21(12-10-18)37(4,34)35/h5-14H,15-16H2,1-4H3. The third kappa shape index (κ3) is 6.64. The molecule has 1 amide bonds. The van der Waals surface area contributed by atoms with Gasteiger partial charge in [0.25, 0.3) is 11.5 Å². The maximum Gasteiger partial charge on any atom is 0.416 e. The number of pyridine rings is 1. The average molecular weight is 538 g/mol. The molecule has 8 nitrogen and oxygen atoms in total. The number of aromatic nitrogens is 1. The van der Waals surface area contributed by atoms with Gasteiger partial charge in [-0.05, 0) is 55.0 Å². The van der Waals surface area contributed by atoms with E-state index in [1.54, 1.807) is 26.1 Å². The fourth-order valence-corrected chi connectivity index (χ4v) is 4.28. The van der Waals surface area contributed by atoms with Crippen molar-refractivity contribution in [3.05, 3.63) is 93.4 Å². The quantitative estimate of drug-likeness (QED) is 0.322. The Balaban J connectivity index is 2.03. The number of rotatable bonds is 8. The van der Waals surface area contributed by atoms with Gasteiger partial charge in [-0.25, -0.2) is 8.42 Å². The van der Waals surface area contributed by atoms with E-state index in [1.807, 2.05) is 0 Å². The molecule has 0 radical (unpaired) electrons. The Labute approximate surface area is 212 Å². The molecule has 0 spiro atoms. The number of hydroxylamine groups is 2. The number of aryl methyl sites for hydroxylation is 1. The Morgan fingerprint density at radius 3 is 2.27 bits per heavy atom. The molecule has 1 heterocycles. The number of carbonyl (C=O) groups is 1. The van der Waals surface area contributed by atoms with Gasteiger partial charge in [-0.1, -0.05) is 18.2 Å². The minimum absolute atomic E-state index is 0.00739. The highest BCUT2D eigenvalue weighted by Gasteiger charge is 2.31. The van der Waals surface area contributed by atoms with Gasteiger partial charge >= 0.3 is 6.18 Å². The van der Waals surface area contributed by atoms with Crippen molar-refractivity contribution in [1.29, 1.82) is 0 Å². The van der Waals surface area contributed by atoms with Crippen molar-refractivity contribution >= 4 is 15.7 Å². The van der Waals surface area contributed by atoms with Crippen LogP contribution in [0.1, 0.15) is 27.2 Å². The van der Waals surface area contributed by atoms with Gasteiger partial charge in [0.05, 0.1) is 24.2 Å². The molecule has 198 valence electrons. The first-order valence-electron chi connectivity index (χ1n) is 11.0. The topological polar surface area (TPSA) is 88.9 Å². The van der Waals surface area contributed by atoms with Gasteiger partial charge in [0, 0.05) is 31.2 Å². The summed E-state index contributed by atoms with van der Waals surface area (Å²) in [6.45, 7) is 1.50. The van der Waals surface area contributed by atoms with Gasteiger partial charge in [0.1, 0.15) is 5.56 Å². The van der Waals surface area contributed by atoms with Gasteiger partial charge in [0.2, 0.25) is 0 Å². The fourth-order valence-electron chi connectivity index (χ4n) is 3.65. The zero-order valence-electron chi connectivity index (χ0n) is 20.6. The van der Waals surface area contributed by atoms with Crippen molar-refractivity contribution in [3.63, 3.8) is 0 Å². The lowest BCUT2D eigenvalue weighted by Crippen LogP contribution is -2.42. The molecule has 0 aliphatic rings. The third-order valence-electron chi connectivity index (χ3n) is 5.63. The first-order valence-corrected chi connectivity index (χ1v) is 12.9. The lowest BCUT2D eigenvalue weighted by Gasteiger charge is -2.27. The lowest BCUT2D eigenvalue weighted by molar-refractivity contribution is -0.137. The number of hydrogen-bond acceptors (Lipinski definition) is 6. The van der Waals surface area contributed by atoms with Crippen molar-refractivity contribution in [1.82, 2.24) is 14.5 Å². The molecular weight excluding hydrogens is 511 g/mol. The predicted octanol–water partition coefficient (Wildman–Crippen LogP) is 3.66. The largest absolute Gasteiger partial charge is 0.416 e. The molecule has 3 rings (SSSR count). The molecule has 0 saturated heterocycles. The SMILES string of the molecule is CON(C)CN(Cc1ccc(S(C)(=O)=O)cc1)C(=O)c1ccc(C)n(-c2cccc(C(F)(F)F)c2)c1=O. The number of hydrogen-bond donors (Lipinski definition) is 0. The monoisotopic (exact) mass is 537 g/mol. The molecule has 12 heteroatoms. The van der Waals surface area contributed by atoms with Crippen LogP contribution in [0.3, 0.4) is 0 Å². The van der Waals surface area contributed by atoms with Crippen molar-refractivity contribution in [2.24, 2.45) is 0 Å². The van der Waals surface area contributed by atoms with E-state index in [9.17, 15) is 31.2 Å². The number of carbonyl (C=O) groups excluding carboxylic acids is 1. The van der Waals surface area contributed by atoms with Gasteiger partial charge in [0.15, 0.2) is 9.84 Å². The molecule has 1 aromatic heterocycles. The number of benzene rings is 2. The van der Waals surface area contributed by atoms with Gasteiger partial charge < -0.3 is 9.74 Å². The van der Waals surface area contributed by atoms with Crippen LogP contribution in [0.15, 0.2) is 70.4 Å². The van der Waals surface area contributed by atoms with E-state index in [2.05, 4.69) is 0 Å². The Bertz CT molecular complexity index is 1450. The smallest absolute Gasteiger partial charge is 0.319 e. The highest BCUT2D eigenvalue weighted by molar-refractivity contribution is 7.90. The lowest BCUT2D eigenvalue weighted by atomic mass is 10.1. The maximum absolute atomic E-state index is 13.5. The van der Waals surface area contributed by atoms with E-state index in [4.69, 9.17) is 4.84 Å². The number of alkyl halides is 3. The Kier molecular flexibility index (Phi) is 8.25. The molecule has 0 saturated carbocycles. The number of halogens is 3. The summed E-state index contributed by atoms with van der Waals surface area (Å²) in [5.41, 5.74) is -1.03. The molecular formula is C25H26F3N3O5S. The molecule has 0 N–H and O–H groups in total. The molecule has 0 fully saturated rings. The zero-order valence-corrected chi connectivity index (χ0v) is 21.4. The van der Waals surface area contributed by atoms with E-state index in [0.29, 0.717) is 11.3 Å². The second kappa shape index (κ2) is 10.9. The van der Waals surface area contributed by atoms with Crippen LogP contribution >= 0.6 is 0 Å². The van der Waals surface area contributed by atoms with Crippen LogP contribution in [0, 0.1) is 6.92 Å². The molecule has 3 aromatic rings. The average Bonchev–Trinajstić information content (AvgIpc) is 2.82. The van der Waals surface area contributed by atoms with Crippen molar-refractivity contribution < 1.29 is 31.2 Å². The van der Waals surface area contributed by atoms with Crippen LogP contribution in [-0.2, 0) is 27.4 Å². The van der Waals surface area contributed by atoms with Crippen molar-refractivity contribution in [3.8, 4) is 5.69 Å². The Morgan fingerprint density at radius 2 is 1.70 bits per heavy atom. The molecule has 0 bridgehead atoms. The molecule has 2 aromatic carbocycles. The fraction of sp³-hybridized carbons (Fsp3) is 0.280. The molecule has 0 atom stereocenters. The first kappa shape index (κ1) is 28.1. The van der Waals surface area contributed by atoms with E-state index in [-0.39, 0.29) is 29.4 Å². The summed E-state index contributed by atoms with van der Waals surface area (Å²) in [5, 5.41) is 1.35. The summed E-state index contributed by atoms with van der Waals surface area (Å²) < 4.78 is 64.3. The summed E-state index contributed by atoms with van der Waals surface area (Å²) in [6.07, 6.45) is -3.52. The summed E-state index contributed by atoms with van der Waals surface area (Å²) in [7, 11) is -0.435. The van der Waals surface area contributed by atoms with Crippen LogP contribution in [-0.4, -0.2) is 55.9 Å².